The first-order chi connectivity index (χ1) is 16.0. The summed E-state index contributed by atoms with van der Waals surface area (Å²) in [5, 5.41) is 4.63. The minimum Gasteiger partial charge on any atom is -0.497 e. The minimum atomic E-state index is -0.420. The molecule has 1 amide bonds. The Hall–Kier alpha value is -4.03. The maximum Gasteiger partial charge on any atom is 0.259 e. The molecular formula is C26H18ClNO5. The zero-order valence-electron chi connectivity index (χ0n) is 17.8. The Balaban J connectivity index is 1.61. The SMILES string of the molecule is COc1ccc2oc(C)c(C(=O)Nc3c(C(=O)c4ccc(Cl)cc4)oc4ccccc34)c2c1. The van der Waals surface area contributed by atoms with E-state index < -0.39 is 5.91 Å². The average Bonchev–Trinajstić information content (AvgIpc) is 3.35. The minimum absolute atomic E-state index is 0.0370. The lowest BCUT2D eigenvalue weighted by Crippen LogP contribution is -2.15. The van der Waals surface area contributed by atoms with Gasteiger partial charge < -0.3 is 18.9 Å². The highest BCUT2D eigenvalue weighted by Crippen LogP contribution is 2.35. The number of amides is 1. The fraction of sp³-hybridized carbons (Fsp3) is 0.0769. The number of para-hydroxylation sites is 1. The molecule has 0 aliphatic rings. The summed E-state index contributed by atoms with van der Waals surface area (Å²) in [7, 11) is 1.56. The van der Waals surface area contributed by atoms with Crippen molar-refractivity contribution in [3.8, 4) is 5.75 Å². The third kappa shape index (κ3) is 3.64. The molecular weight excluding hydrogens is 442 g/mol. The summed E-state index contributed by atoms with van der Waals surface area (Å²) in [6, 6.07) is 18.9. The van der Waals surface area contributed by atoms with Crippen LogP contribution in [0.4, 0.5) is 5.69 Å². The summed E-state index contributed by atoms with van der Waals surface area (Å²) in [6.45, 7) is 1.72. The van der Waals surface area contributed by atoms with E-state index in [1.165, 1.54) is 0 Å². The summed E-state index contributed by atoms with van der Waals surface area (Å²) >= 11 is 5.96. The van der Waals surface area contributed by atoms with E-state index in [1.54, 1.807) is 74.7 Å². The largest absolute Gasteiger partial charge is 0.497 e. The van der Waals surface area contributed by atoms with Gasteiger partial charge in [0.05, 0.1) is 18.4 Å². The quantitative estimate of drug-likeness (QED) is 0.298. The van der Waals surface area contributed by atoms with Crippen molar-refractivity contribution in [2.75, 3.05) is 12.4 Å². The van der Waals surface area contributed by atoms with Gasteiger partial charge in [0.25, 0.3) is 5.91 Å². The van der Waals surface area contributed by atoms with Crippen molar-refractivity contribution < 1.29 is 23.2 Å². The lowest BCUT2D eigenvalue weighted by Gasteiger charge is -2.07. The second kappa shape index (κ2) is 8.15. The Kier molecular flexibility index (Phi) is 5.15. The second-order valence-electron chi connectivity index (χ2n) is 7.49. The van der Waals surface area contributed by atoms with Crippen LogP contribution in [0, 0.1) is 6.92 Å². The summed E-state index contributed by atoms with van der Waals surface area (Å²) in [6.07, 6.45) is 0. The van der Waals surface area contributed by atoms with Crippen LogP contribution in [-0.2, 0) is 0 Å². The van der Waals surface area contributed by atoms with Crippen molar-refractivity contribution in [3.05, 3.63) is 94.4 Å². The van der Waals surface area contributed by atoms with Gasteiger partial charge in [-0.15, -0.1) is 0 Å². The fourth-order valence-electron chi connectivity index (χ4n) is 3.85. The molecule has 0 unspecified atom stereocenters. The van der Waals surface area contributed by atoms with Crippen LogP contribution < -0.4 is 10.1 Å². The Labute approximate surface area is 193 Å². The Bertz CT molecular complexity index is 1530. The van der Waals surface area contributed by atoms with E-state index in [1.807, 2.05) is 6.07 Å². The first-order valence-corrected chi connectivity index (χ1v) is 10.5. The number of hydrogen-bond donors (Lipinski definition) is 1. The highest BCUT2D eigenvalue weighted by atomic mass is 35.5. The third-order valence-corrected chi connectivity index (χ3v) is 5.70. The number of fused-ring (bicyclic) bond motifs is 2. The van der Waals surface area contributed by atoms with Crippen molar-refractivity contribution in [3.63, 3.8) is 0 Å². The number of methoxy groups -OCH3 is 1. The van der Waals surface area contributed by atoms with E-state index in [-0.39, 0.29) is 11.5 Å². The van der Waals surface area contributed by atoms with Gasteiger partial charge >= 0.3 is 0 Å². The van der Waals surface area contributed by atoms with Gasteiger partial charge in [0.1, 0.15) is 22.7 Å². The number of carbonyl (C=O) groups excluding carboxylic acids is 2. The molecule has 0 saturated heterocycles. The van der Waals surface area contributed by atoms with Crippen LogP contribution in [0.3, 0.4) is 0 Å². The molecule has 1 N–H and O–H groups in total. The molecule has 3 aromatic carbocycles. The summed E-state index contributed by atoms with van der Waals surface area (Å²) < 4.78 is 16.9. The Morgan fingerprint density at radius 3 is 2.39 bits per heavy atom. The Morgan fingerprint density at radius 2 is 1.64 bits per heavy atom. The molecule has 0 atom stereocenters. The first-order valence-electron chi connectivity index (χ1n) is 10.2. The number of furan rings is 2. The molecule has 2 aromatic heterocycles. The number of nitrogens with one attached hydrogen (secondary N) is 1. The van der Waals surface area contributed by atoms with Crippen molar-refractivity contribution in [1.82, 2.24) is 0 Å². The van der Waals surface area contributed by atoms with Crippen LogP contribution in [0.5, 0.6) is 5.75 Å². The molecule has 5 aromatic rings. The molecule has 0 saturated carbocycles. The predicted molar refractivity (Wildman–Crippen MR) is 127 cm³/mol. The molecule has 5 rings (SSSR count). The van der Waals surface area contributed by atoms with Gasteiger partial charge in [0.15, 0.2) is 5.76 Å². The lowest BCUT2D eigenvalue weighted by atomic mass is 10.1. The smallest absolute Gasteiger partial charge is 0.259 e. The second-order valence-corrected chi connectivity index (χ2v) is 7.92. The van der Waals surface area contributed by atoms with Gasteiger partial charge in [-0.1, -0.05) is 23.7 Å². The van der Waals surface area contributed by atoms with E-state index in [2.05, 4.69) is 5.32 Å². The van der Waals surface area contributed by atoms with Gasteiger partial charge in [-0.05, 0) is 61.5 Å². The van der Waals surface area contributed by atoms with E-state index >= 15 is 0 Å². The number of ether oxygens (including phenoxy) is 1. The number of aryl methyl sites for hydroxylation is 1. The van der Waals surface area contributed by atoms with Crippen LogP contribution in [-0.4, -0.2) is 18.8 Å². The van der Waals surface area contributed by atoms with E-state index in [0.29, 0.717) is 55.3 Å². The number of ketones is 1. The van der Waals surface area contributed by atoms with Crippen molar-refractivity contribution in [2.45, 2.75) is 6.92 Å². The molecule has 0 spiro atoms. The third-order valence-electron chi connectivity index (χ3n) is 5.44. The number of anilines is 1. The molecule has 0 aliphatic carbocycles. The maximum absolute atomic E-state index is 13.4. The van der Waals surface area contributed by atoms with Crippen LogP contribution in [0.15, 0.2) is 75.6 Å². The Morgan fingerprint density at radius 1 is 0.909 bits per heavy atom. The lowest BCUT2D eigenvalue weighted by molar-refractivity contribution is 0.101. The van der Waals surface area contributed by atoms with Crippen LogP contribution >= 0.6 is 11.6 Å². The summed E-state index contributed by atoms with van der Waals surface area (Å²) in [5.74, 6) is 0.304. The zero-order valence-corrected chi connectivity index (χ0v) is 18.5. The monoisotopic (exact) mass is 459 g/mol. The number of carbonyl (C=O) groups is 2. The van der Waals surface area contributed by atoms with Gasteiger partial charge in [0.2, 0.25) is 5.78 Å². The molecule has 0 aliphatic heterocycles. The maximum atomic E-state index is 13.4. The van der Waals surface area contributed by atoms with Gasteiger partial charge in [-0.25, -0.2) is 0 Å². The van der Waals surface area contributed by atoms with E-state index in [4.69, 9.17) is 25.2 Å². The normalized spacial score (nSPS) is 11.1. The van der Waals surface area contributed by atoms with Crippen molar-refractivity contribution in [2.24, 2.45) is 0 Å². The number of benzene rings is 3. The number of hydrogen-bond acceptors (Lipinski definition) is 5. The first kappa shape index (κ1) is 20.8. The standard InChI is InChI=1S/C26H18ClNO5/c1-14-22(19-13-17(31-2)11-12-21(19)32-14)26(30)28-23-18-5-3-4-6-20(18)33-25(23)24(29)15-7-9-16(27)10-8-15/h3-13H,1-2H3,(H,28,30). The van der Waals surface area contributed by atoms with Gasteiger partial charge in [-0.3, -0.25) is 9.59 Å². The molecule has 0 bridgehead atoms. The molecule has 164 valence electrons. The molecule has 0 fully saturated rings. The van der Waals surface area contributed by atoms with Gasteiger partial charge in [-0.2, -0.15) is 0 Å². The van der Waals surface area contributed by atoms with Gasteiger partial charge in [0, 0.05) is 21.4 Å². The van der Waals surface area contributed by atoms with Crippen LogP contribution in [0.25, 0.3) is 21.9 Å². The summed E-state index contributed by atoms with van der Waals surface area (Å²) in [5.41, 5.74) is 2.10. The molecule has 7 heteroatoms. The van der Waals surface area contributed by atoms with Crippen molar-refractivity contribution >= 4 is 50.9 Å². The number of halogens is 1. The molecule has 6 nitrogen and oxygen atoms in total. The van der Waals surface area contributed by atoms with E-state index in [0.717, 1.165) is 0 Å². The summed E-state index contributed by atoms with van der Waals surface area (Å²) in [4.78, 5) is 26.7. The zero-order chi connectivity index (χ0) is 23.1. The van der Waals surface area contributed by atoms with Crippen LogP contribution in [0.1, 0.15) is 32.2 Å². The molecule has 2 heterocycles. The predicted octanol–water partition coefficient (Wildman–Crippen LogP) is 6.63. The average molecular weight is 460 g/mol. The van der Waals surface area contributed by atoms with E-state index in [9.17, 15) is 9.59 Å². The molecule has 33 heavy (non-hydrogen) atoms. The van der Waals surface area contributed by atoms with Crippen LogP contribution in [0.2, 0.25) is 5.02 Å². The molecule has 0 radical (unpaired) electrons. The topological polar surface area (TPSA) is 81.7 Å². The number of rotatable bonds is 5. The highest BCUT2D eigenvalue weighted by Gasteiger charge is 2.26. The fourth-order valence-corrected chi connectivity index (χ4v) is 3.97. The van der Waals surface area contributed by atoms with Crippen molar-refractivity contribution in [1.29, 1.82) is 0 Å². The highest BCUT2D eigenvalue weighted by molar-refractivity contribution is 6.30.